The van der Waals surface area contributed by atoms with Gasteiger partial charge in [-0.2, -0.15) is 15.1 Å². The molecule has 0 bridgehead atoms. The van der Waals surface area contributed by atoms with E-state index in [9.17, 15) is 4.79 Å². The van der Waals surface area contributed by atoms with Crippen LogP contribution in [0.1, 0.15) is 16.1 Å². The molecule has 0 radical (unpaired) electrons. The summed E-state index contributed by atoms with van der Waals surface area (Å²) in [6.07, 6.45) is 1.91. The van der Waals surface area contributed by atoms with E-state index in [0.717, 1.165) is 16.9 Å². The Morgan fingerprint density at radius 1 is 1.03 bits per heavy atom. The molecule has 1 aliphatic rings. The molecule has 0 saturated carbocycles. The Labute approximate surface area is 173 Å². The fourth-order valence-electron chi connectivity index (χ4n) is 3.62. The molecule has 30 heavy (non-hydrogen) atoms. The van der Waals surface area contributed by atoms with E-state index in [1.807, 2.05) is 71.0 Å². The lowest BCUT2D eigenvalue weighted by atomic mass is 10.2. The van der Waals surface area contributed by atoms with E-state index >= 15 is 0 Å². The van der Waals surface area contributed by atoms with Gasteiger partial charge >= 0.3 is 0 Å². The number of aromatic nitrogens is 5. The predicted molar refractivity (Wildman–Crippen MR) is 114 cm³/mol. The fourth-order valence-corrected chi connectivity index (χ4v) is 3.62. The van der Waals surface area contributed by atoms with Crippen LogP contribution in [0, 0.1) is 6.92 Å². The summed E-state index contributed by atoms with van der Waals surface area (Å²) in [4.78, 5) is 26.1. The summed E-state index contributed by atoms with van der Waals surface area (Å²) in [5.74, 6) is 2.05. The lowest BCUT2D eigenvalue weighted by molar-refractivity contribution is 0.0746. The van der Waals surface area contributed by atoms with Gasteiger partial charge in [0.15, 0.2) is 5.82 Å². The van der Waals surface area contributed by atoms with E-state index in [1.54, 1.807) is 0 Å². The van der Waals surface area contributed by atoms with Crippen LogP contribution in [0.2, 0.25) is 0 Å². The molecule has 4 heterocycles. The van der Waals surface area contributed by atoms with Gasteiger partial charge in [0.1, 0.15) is 5.65 Å². The minimum absolute atomic E-state index is 0.0643. The first-order chi connectivity index (χ1) is 14.7. The number of benzene rings is 1. The van der Waals surface area contributed by atoms with Gasteiger partial charge in [0, 0.05) is 49.7 Å². The van der Waals surface area contributed by atoms with Crippen LogP contribution in [0.5, 0.6) is 0 Å². The molecule has 1 saturated heterocycles. The smallest absolute Gasteiger partial charge is 0.253 e. The molecule has 152 valence electrons. The highest BCUT2D eigenvalue weighted by Crippen LogP contribution is 2.20. The lowest BCUT2D eigenvalue weighted by Crippen LogP contribution is -2.49. The van der Waals surface area contributed by atoms with Gasteiger partial charge in [0.25, 0.3) is 5.91 Å². The van der Waals surface area contributed by atoms with E-state index < -0.39 is 0 Å². The third kappa shape index (κ3) is 3.45. The van der Waals surface area contributed by atoms with Crippen LogP contribution in [-0.2, 0) is 0 Å². The summed E-state index contributed by atoms with van der Waals surface area (Å²) in [6.45, 7) is 4.56. The van der Waals surface area contributed by atoms with Crippen molar-refractivity contribution in [3.05, 3.63) is 66.0 Å². The Morgan fingerprint density at radius 3 is 2.57 bits per heavy atom. The van der Waals surface area contributed by atoms with Crippen molar-refractivity contribution in [2.45, 2.75) is 6.92 Å². The van der Waals surface area contributed by atoms with E-state index in [-0.39, 0.29) is 5.91 Å². The van der Waals surface area contributed by atoms with Gasteiger partial charge in [-0.3, -0.25) is 14.3 Å². The van der Waals surface area contributed by atoms with Gasteiger partial charge in [-0.15, -0.1) is 0 Å². The maximum absolute atomic E-state index is 12.7. The SMILES string of the molecule is Cc1cc(Nc2nc(N3CCN(C(=O)c4ccccc4)CC3)nc3cccn23)n[nH]1. The zero-order valence-electron chi connectivity index (χ0n) is 16.6. The molecule has 1 aromatic carbocycles. The highest BCUT2D eigenvalue weighted by molar-refractivity contribution is 5.94. The van der Waals surface area contributed by atoms with E-state index in [4.69, 9.17) is 9.97 Å². The molecule has 2 N–H and O–H groups in total. The van der Waals surface area contributed by atoms with Crippen LogP contribution in [0.15, 0.2) is 54.7 Å². The number of nitrogens with zero attached hydrogens (tertiary/aromatic N) is 6. The van der Waals surface area contributed by atoms with Gasteiger partial charge in [0.05, 0.1) is 0 Å². The van der Waals surface area contributed by atoms with Gasteiger partial charge < -0.3 is 15.1 Å². The molecule has 3 aromatic heterocycles. The molecule has 0 atom stereocenters. The number of fused-ring (bicyclic) bond motifs is 1. The van der Waals surface area contributed by atoms with Crippen LogP contribution < -0.4 is 10.2 Å². The second-order valence-electron chi connectivity index (χ2n) is 7.29. The summed E-state index contributed by atoms with van der Waals surface area (Å²) in [5, 5.41) is 10.4. The summed E-state index contributed by atoms with van der Waals surface area (Å²) < 4.78 is 1.89. The summed E-state index contributed by atoms with van der Waals surface area (Å²) >= 11 is 0. The normalized spacial score (nSPS) is 14.3. The molecule has 1 aliphatic heterocycles. The summed E-state index contributed by atoms with van der Waals surface area (Å²) in [7, 11) is 0. The topological polar surface area (TPSA) is 94.5 Å². The number of carbonyl (C=O) groups excluding carboxylic acids is 1. The Bertz CT molecular complexity index is 1170. The molecule has 9 heteroatoms. The third-order valence-corrected chi connectivity index (χ3v) is 5.19. The van der Waals surface area contributed by atoms with Crippen molar-refractivity contribution in [1.29, 1.82) is 0 Å². The summed E-state index contributed by atoms with van der Waals surface area (Å²) in [5.41, 5.74) is 2.49. The Morgan fingerprint density at radius 2 is 1.83 bits per heavy atom. The molecule has 1 fully saturated rings. The molecule has 5 rings (SSSR count). The first-order valence-electron chi connectivity index (χ1n) is 9.91. The largest absolute Gasteiger partial charge is 0.337 e. The zero-order chi connectivity index (χ0) is 20.5. The number of amides is 1. The van der Waals surface area contributed by atoms with Crippen molar-refractivity contribution in [3.63, 3.8) is 0 Å². The van der Waals surface area contributed by atoms with Crippen molar-refractivity contribution in [2.24, 2.45) is 0 Å². The Balaban J connectivity index is 1.35. The van der Waals surface area contributed by atoms with Crippen molar-refractivity contribution >= 4 is 29.3 Å². The van der Waals surface area contributed by atoms with Gasteiger partial charge in [-0.25, -0.2) is 0 Å². The number of hydrogen-bond acceptors (Lipinski definition) is 6. The first kappa shape index (κ1) is 18.2. The van der Waals surface area contributed by atoms with Crippen LogP contribution in [0.3, 0.4) is 0 Å². The number of hydrogen-bond donors (Lipinski definition) is 2. The molecule has 4 aromatic rings. The number of anilines is 3. The number of aryl methyl sites for hydroxylation is 1. The quantitative estimate of drug-likeness (QED) is 0.545. The van der Waals surface area contributed by atoms with E-state index in [0.29, 0.717) is 43.9 Å². The highest BCUT2D eigenvalue weighted by atomic mass is 16.2. The minimum Gasteiger partial charge on any atom is -0.337 e. The lowest BCUT2D eigenvalue weighted by Gasteiger charge is -2.35. The number of nitrogens with one attached hydrogen (secondary N) is 2. The van der Waals surface area contributed by atoms with E-state index in [2.05, 4.69) is 20.4 Å². The van der Waals surface area contributed by atoms with Gasteiger partial charge in [-0.1, -0.05) is 18.2 Å². The van der Waals surface area contributed by atoms with Gasteiger partial charge in [0.2, 0.25) is 11.9 Å². The zero-order valence-corrected chi connectivity index (χ0v) is 16.6. The molecule has 9 nitrogen and oxygen atoms in total. The second-order valence-corrected chi connectivity index (χ2v) is 7.29. The van der Waals surface area contributed by atoms with Crippen molar-refractivity contribution < 1.29 is 4.79 Å². The minimum atomic E-state index is 0.0643. The standard InChI is InChI=1S/C21H22N8O/c1-15-14-17(26-25-15)22-21-24-20(23-18-8-5-9-29(18)21)28-12-10-27(11-13-28)19(30)16-6-3-2-4-7-16/h2-9,14H,10-13H2,1H3,(H2,22,23,24,25,26). The Kier molecular flexibility index (Phi) is 4.55. The molecule has 1 amide bonds. The van der Waals surface area contributed by atoms with Crippen LogP contribution >= 0.6 is 0 Å². The maximum Gasteiger partial charge on any atom is 0.253 e. The van der Waals surface area contributed by atoms with Crippen LogP contribution in [0.25, 0.3) is 5.65 Å². The Hall–Kier alpha value is -3.88. The molecule has 0 unspecified atom stereocenters. The van der Waals surface area contributed by atoms with Crippen molar-refractivity contribution in [2.75, 3.05) is 36.4 Å². The maximum atomic E-state index is 12.7. The molecular weight excluding hydrogens is 380 g/mol. The fraction of sp³-hybridized carbons (Fsp3) is 0.238. The molecule has 0 aliphatic carbocycles. The monoisotopic (exact) mass is 402 g/mol. The van der Waals surface area contributed by atoms with Crippen LogP contribution in [0.4, 0.5) is 17.7 Å². The average Bonchev–Trinajstić information content (AvgIpc) is 3.43. The number of piperazine rings is 1. The predicted octanol–water partition coefficient (Wildman–Crippen LogP) is 2.47. The number of H-pyrrole nitrogens is 1. The number of aromatic amines is 1. The van der Waals surface area contributed by atoms with Crippen molar-refractivity contribution in [1.82, 2.24) is 29.5 Å². The molecular formula is C21H22N8O. The highest BCUT2D eigenvalue weighted by Gasteiger charge is 2.24. The third-order valence-electron chi connectivity index (χ3n) is 5.19. The first-order valence-corrected chi connectivity index (χ1v) is 9.91. The second kappa shape index (κ2) is 7.51. The van der Waals surface area contributed by atoms with Gasteiger partial charge in [-0.05, 0) is 31.2 Å². The van der Waals surface area contributed by atoms with E-state index in [1.165, 1.54) is 0 Å². The average molecular weight is 402 g/mol. The molecule has 0 spiro atoms. The number of carbonyl (C=O) groups is 1. The van der Waals surface area contributed by atoms with Crippen LogP contribution in [-0.4, -0.2) is 61.6 Å². The number of rotatable bonds is 4. The van der Waals surface area contributed by atoms with Crippen molar-refractivity contribution in [3.8, 4) is 0 Å². The summed E-state index contributed by atoms with van der Waals surface area (Å²) in [6, 6.07) is 15.2.